The third-order valence-corrected chi connectivity index (χ3v) is 5.95. The Morgan fingerprint density at radius 1 is 1.15 bits per heavy atom. The number of fused-ring (bicyclic) bond motifs is 1. The van der Waals surface area contributed by atoms with Gasteiger partial charge in [-0.05, 0) is 30.7 Å². The lowest BCUT2D eigenvalue weighted by Crippen LogP contribution is -2.25. The zero-order valence-electron chi connectivity index (χ0n) is 14.9. The van der Waals surface area contributed by atoms with Crippen LogP contribution < -0.4 is 5.32 Å². The number of aromatic nitrogens is 2. The number of aryl methyl sites for hydroxylation is 1. The molecule has 4 aromatic rings. The molecule has 6 heteroatoms. The van der Waals surface area contributed by atoms with Crippen molar-refractivity contribution >= 4 is 39.1 Å². The molecular weight excluding hydrogens is 378 g/mol. The smallest absolute Gasteiger partial charge is 0.261 e. The van der Waals surface area contributed by atoms with Gasteiger partial charge < -0.3 is 5.32 Å². The van der Waals surface area contributed by atoms with Crippen LogP contribution in [-0.4, -0.2) is 15.7 Å². The molecule has 0 saturated heterocycles. The fourth-order valence-electron chi connectivity index (χ4n) is 3.07. The zero-order chi connectivity index (χ0) is 19.0. The maximum Gasteiger partial charge on any atom is 0.261 e. The van der Waals surface area contributed by atoms with Crippen LogP contribution in [-0.2, 0) is 7.05 Å². The summed E-state index contributed by atoms with van der Waals surface area (Å²) in [6.07, 6.45) is 0. The van der Waals surface area contributed by atoms with Crippen LogP contribution in [0.15, 0.2) is 60.7 Å². The minimum absolute atomic E-state index is 0.0576. The van der Waals surface area contributed by atoms with E-state index in [9.17, 15) is 4.79 Å². The van der Waals surface area contributed by atoms with Gasteiger partial charge in [0.05, 0.1) is 10.9 Å². The molecule has 1 atom stereocenters. The molecule has 2 aromatic heterocycles. The van der Waals surface area contributed by atoms with E-state index in [0.29, 0.717) is 9.90 Å². The van der Waals surface area contributed by atoms with Crippen molar-refractivity contribution in [2.24, 2.45) is 7.05 Å². The molecular formula is C21H18ClN3OS. The van der Waals surface area contributed by atoms with Crippen molar-refractivity contribution in [2.45, 2.75) is 13.0 Å². The van der Waals surface area contributed by atoms with E-state index in [1.807, 2.05) is 79.3 Å². The number of carbonyl (C=O) groups is 1. The quantitative estimate of drug-likeness (QED) is 0.499. The Kier molecular flexibility index (Phi) is 4.72. The number of rotatable bonds is 4. The molecule has 0 radical (unpaired) electrons. The van der Waals surface area contributed by atoms with Crippen molar-refractivity contribution in [1.29, 1.82) is 0 Å². The average molecular weight is 396 g/mol. The van der Waals surface area contributed by atoms with Crippen LogP contribution in [0.3, 0.4) is 0 Å². The van der Waals surface area contributed by atoms with Crippen molar-refractivity contribution in [3.05, 3.63) is 76.1 Å². The minimum atomic E-state index is -0.0744. The second kappa shape index (κ2) is 7.18. The molecule has 2 heterocycles. The topological polar surface area (TPSA) is 46.9 Å². The Balaban J connectivity index is 1.64. The largest absolute Gasteiger partial charge is 0.345 e. The van der Waals surface area contributed by atoms with Gasteiger partial charge in [-0.25, -0.2) is 0 Å². The van der Waals surface area contributed by atoms with Crippen LogP contribution in [0, 0.1) is 0 Å². The fourth-order valence-corrected chi connectivity index (χ4v) is 4.17. The molecule has 0 bridgehead atoms. The van der Waals surface area contributed by atoms with E-state index in [1.165, 1.54) is 11.3 Å². The van der Waals surface area contributed by atoms with Crippen molar-refractivity contribution < 1.29 is 4.79 Å². The molecule has 0 aliphatic rings. The molecule has 0 unspecified atom stereocenters. The van der Waals surface area contributed by atoms with Gasteiger partial charge in [0.25, 0.3) is 5.91 Å². The van der Waals surface area contributed by atoms with Crippen LogP contribution >= 0.6 is 22.9 Å². The summed E-state index contributed by atoms with van der Waals surface area (Å²) in [6.45, 7) is 1.99. The first-order chi connectivity index (χ1) is 13.0. The molecule has 0 aliphatic heterocycles. The fraction of sp³-hybridized carbons (Fsp3) is 0.143. The lowest BCUT2D eigenvalue weighted by atomic mass is 10.1. The lowest BCUT2D eigenvalue weighted by Gasteiger charge is -2.13. The van der Waals surface area contributed by atoms with Gasteiger partial charge in [0, 0.05) is 23.0 Å². The summed E-state index contributed by atoms with van der Waals surface area (Å²) in [7, 11) is 1.90. The summed E-state index contributed by atoms with van der Waals surface area (Å²) in [6, 6.07) is 19.4. The summed E-state index contributed by atoms with van der Waals surface area (Å²) < 4.78 is 1.82. The van der Waals surface area contributed by atoms with E-state index in [0.717, 1.165) is 27.0 Å². The van der Waals surface area contributed by atoms with Gasteiger partial charge in [-0.1, -0.05) is 54.1 Å². The Hall–Kier alpha value is -2.63. The molecule has 1 amide bonds. The van der Waals surface area contributed by atoms with Crippen LogP contribution in [0.1, 0.15) is 28.2 Å². The van der Waals surface area contributed by atoms with Gasteiger partial charge in [-0.15, -0.1) is 11.3 Å². The number of nitrogens with one attached hydrogen (secondary N) is 1. The highest BCUT2D eigenvalue weighted by molar-refractivity contribution is 7.20. The Morgan fingerprint density at radius 3 is 2.56 bits per heavy atom. The van der Waals surface area contributed by atoms with Crippen molar-refractivity contribution in [2.75, 3.05) is 0 Å². The molecule has 27 heavy (non-hydrogen) atoms. The SMILES string of the molecule is C[C@@H](NC(=O)c1cc2c(-c3ccc(Cl)cc3)nn(C)c2s1)c1ccccc1. The maximum absolute atomic E-state index is 12.8. The molecule has 4 nitrogen and oxygen atoms in total. The number of carbonyl (C=O) groups excluding carboxylic acids is 1. The number of amides is 1. The number of halogens is 1. The van der Waals surface area contributed by atoms with E-state index in [-0.39, 0.29) is 11.9 Å². The van der Waals surface area contributed by atoms with Gasteiger partial charge in [-0.3, -0.25) is 9.48 Å². The van der Waals surface area contributed by atoms with Crippen molar-refractivity contribution in [3.63, 3.8) is 0 Å². The van der Waals surface area contributed by atoms with Crippen LogP contribution in [0.25, 0.3) is 21.5 Å². The maximum atomic E-state index is 12.8. The van der Waals surface area contributed by atoms with Gasteiger partial charge in [-0.2, -0.15) is 5.10 Å². The monoisotopic (exact) mass is 395 g/mol. The number of nitrogens with zero attached hydrogens (tertiary/aromatic N) is 2. The molecule has 0 aliphatic carbocycles. The minimum Gasteiger partial charge on any atom is -0.345 e. The van der Waals surface area contributed by atoms with E-state index in [4.69, 9.17) is 11.6 Å². The van der Waals surface area contributed by atoms with Crippen LogP contribution in [0.5, 0.6) is 0 Å². The second-order valence-corrected chi connectivity index (χ2v) is 7.88. The first kappa shape index (κ1) is 17.8. The highest BCUT2D eigenvalue weighted by Crippen LogP contribution is 2.34. The van der Waals surface area contributed by atoms with E-state index >= 15 is 0 Å². The molecule has 136 valence electrons. The predicted molar refractivity (Wildman–Crippen MR) is 111 cm³/mol. The van der Waals surface area contributed by atoms with Gasteiger partial charge >= 0.3 is 0 Å². The summed E-state index contributed by atoms with van der Waals surface area (Å²) in [5.41, 5.74) is 2.92. The van der Waals surface area contributed by atoms with E-state index in [1.54, 1.807) is 0 Å². The summed E-state index contributed by atoms with van der Waals surface area (Å²) in [4.78, 5) is 14.4. The molecule has 0 spiro atoms. The van der Waals surface area contributed by atoms with Gasteiger partial charge in [0.1, 0.15) is 10.5 Å². The van der Waals surface area contributed by atoms with E-state index < -0.39 is 0 Å². The van der Waals surface area contributed by atoms with Gasteiger partial charge in [0.2, 0.25) is 0 Å². The van der Waals surface area contributed by atoms with E-state index in [2.05, 4.69) is 10.4 Å². The summed E-state index contributed by atoms with van der Waals surface area (Å²) in [5.74, 6) is -0.0744. The standard InChI is InChI=1S/C21H18ClN3OS/c1-13(14-6-4-3-5-7-14)23-20(26)18-12-17-19(24-25(2)21(17)27-18)15-8-10-16(22)11-9-15/h3-13H,1-2H3,(H,23,26)/t13-/m1/s1. The number of benzene rings is 2. The normalized spacial score (nSPS) is 12.3. The first-order valence-electron chi connectivity index (χ1n) is 8.61. The molecule has 0 saturated carbocycles. The number of thiophene rings is 1. The average Bonchev–Trinajstić information content (AvgIpc) is 3.24. The Labute approximate surface area is 166 Å². The second-order valence-electron chi connectivity index (χ2n) is 6.41. The Bertz CT molecular complexity index is 1100. The Morgan fingerprint density at radius 2 is 1.85 bits per heavy atom. The molecule has 4 rings (SSSR count). The highest BCUT2D eigenvalue weighted by atomic mass is 35.5. The number of hydrogen-bond acceptors (Lipinski definition) is 3. The van der Waals surface area contributed by atoms with Crippen LogP contribution in [0.2, 0.25) is 5.02 Å². The third kappa shape index (κ3) is 3.48. The third-order valence-electron chi connectivity index (χ3n) is 4.50. The van der Waals surface area contributed by atoms with Crippen LogP contribution in [0.4, 0.5) is 0 Å². The number of hydrogen-bond donors (Lipinski definition) is 1. The highest BCUT2D eigenvalue weighted by Gasteiger charge is 2.19. The lowest BCUT2D eigenvalue weighted by molar-refractivity contribution is 0.0944. The first-order valence-corrected chi connectivity index (χ1v) is 9.80. The molecule has 2 aromatic carbocycles. The molecule has 0 fully saturated rings. The summed E-state index contributed by atoms with van der Waals surface area (Å²) in [5, 5.41) is 9.35. The van der Waals surface area contributed by atoms with Gasteiger partial charge in [0.15, 0.2) is 0 Å². The van der Waals surface area contributed by atoms with Crippen molar-refractivity contribution in [3.8, 4) is 11.3 Å². The summed E-state index contributed by atoms with van der Waals surface area (Å²) >= 11 is 7.44. The molecule has 1 N–H and O–H groups in total. The zero-order valence-corrected chi connectivity index (χ0v) is 16.5. The predicted octanol–water partition coefficient (Wildman–Crippen LogP) is 5.45. The van der Waals surface area contributed by atoms with Crippen molar-refractivity contribution in [1.82, 2.24) is 15.1 Å².